The summed E-state index contributed by atoms with van der Waals surface area (Å²) in [7, 11) is 0. The molecular formula is C36H54N2O9. The Hall–Kier alpha value is -3.47. The molecule has 1 aromatic rings. The number of ether oxygens (including phenoxy) is 4. The Morgan fingerprint density at radius 2 is 1.49 bits per heavy atom. The zero-order valence-corrected chi connectivity index (χ0v) is 29.3. The third kappa shape index (κ3) is 10.8. The molecule has 5 atom stereocenters. The van der Waals surface area contributed by atoms with Crippen LogP contribution in [0.5, 0.6) is 0 Å². The number of carbonyl (C=O) groups is 5. The standard InChI is InChI=1S/C36H54N2O9/c1-9-44-31(40)27(19-18-24-14-11-10-12-15-24)37-23(2)30(39)38-28-17-13-16-25(28)20-29(38)32(41)47-26(21-45-33(42)35(3,4)5)22-46-34(43)36(6,7)8/h10-12,14-15,23,25-29,37H,9,13,16-22H2,1-8H3/t23?,25-,27?,28-,29-/m0/s1. The van der Waals surface area contributed by atoms with Crippen LogP contribution in [0, 0.1) is 16.7 Å². The van der Waals surface area contributed by atoms with E-state index >= 15 is 0 Å². The molecule has 0 bridgehead atoms. The molecule has 11 heteroatoms. The van der Waals surface area contributed by atoms with Crippen LogP contribution >= 0.6 is 0 Å². The molecule has 262 valence electrons. The number of hydrogen-bond acceptors (Lipinski definition) is 10. The Kier molecular flexibility index (Phi) is 13.4. The third-order valence-electron chi connectivity index (χ3n) is 8.63. The fourth-order valence-electron chi connectivity index (χ4n) is 6.01. The SMILES string of the molecule is CCOC(=O)C(CCc1ccccc1)NC(C)C(=O)N1[C@H](C(=O)OC(COC(=O)C(C)(C)C)COC(=O)C(C)(C)C)C[C@@H]2CCC[C@@H]21. The normalized spacial score (nSPS) is 20.7. The predicted octanol–water partition coefficient (Wildman–Crippen LogP) is 4.39. The molecule has 11 nitrogen and oxygen atoms in total. The highest BCUT2D eigenvalue weighted by atomic mass is 16.6. The number of hydrogen-bond donors (Lipinski definition) is 1. The summed E-state index contributed by atoms with van der Waals surface area (Å²) in [5.41, 5.74) is -0.502. The molecule has 1 aromatic carbocycles. The Labute approximate surface area is 279 Å². The first-order valence-electron chi connectivity index (χ1n) is 16.9. The van der Waals surface area contributed by atoms with E-state index in [0.29, 0.717) is 19.3 Å². The lowest BCUT2D eigenvalue weighted by Gasteiger charge is -2.33. The van der Waals surface area contributed by atoms with Crippen molar-refractivity contribution in [3.8, 4) is 0 Å². The molecule has 0 aromatic heterocycles. The van der Waals surface area contributed by atoms with Crippen LogP contribution in [-0.4, -0.2) is 84.8 Å². The molecule has 1 N–H and O–H groups in total. The van der Waals surface area contributed by atoms with Gasteiger partial charge in [0.25, 0.3) is 0 Å². The molecule has 1 saturated carbocycles. The van der Waals surface area contributed by atoms with Crippen molar-refractivity contribution in [1.82, 2.24) is 10.2 Å². The van der Waals surface area contributed by atoms with Crippen molar-refractivity contribution < 1.29 is 42.9 Å². The van der Waals surface area contributed by atoms with E-state index in [2.05, 4.69) is 5.32 Å². The minimum Gasteiger partial charge on any atom is -0.465 e. The number of fused-ring (bicyclic) bond motifs is 1. The molecule has 2 unspecified atom stereocenters. The molecule has 1 aliphatic carbocycles. The first-order valence-corrected chi connectivity index (χ1v) is 16.9. The van der Waals surface area contributed by atoms with Crippen LogP contribution in [0.3, 0.4) is 0 Å². The van der Waals surface area contributed by atoms with Crippen LogP contribution in [0.25, 0.3) is 0 Å². The number of amides is 1. The number of likely N-dealkylation sites (tertiary alicyclic amines) is 1. The number of nitrogens with zero attached hydrogens (tertiary/aromatic N) is 1. The highest BCUT2D eigenvalue weighted by molar-refractivity contribution is 5.89. The van der Waals surface area contributed by atoms with Gasteiger partial charge in [-0.3, -0.25) is 24.5 Å². The van der Waals surface area contributed by atoms with Crippen molar-refractivity contribution in [2.75, 3.05) is 19.8 Å². The first-order chi connectivity index (χ1) is 22.0. The maximum absolute atomic E-state index is 14.1. The summed E-state index contributed by atoms with van der Waals surface area (Å²) in [4.78, 5) is 67.4. The van der Waals surface area contributed by atoms with Crippen molar-refractivity contribution in [1.29, 1.82) is 0 Å². The summed E-state index contributed by atoms with van der Waals surface area (Å²) in [6, 6.07) is 7.26. The van der Waals surface area contributed by atoms with E-state index in [1.807, 2.05) is 30.3 Å². The summed E-state index contributed by atoms with van der Waals surface area (Å²) in [6.07, 6.45) is 3.02. The van der Waals surface area contributed by atoms with Gasteiger partial charge in [0.1, 0.15) is 25.3 Å². The van der Waals surface area contributed by atoms with Gasteiger partial charge in [-0.1, -0.05) is 36.8 Å². The molecule has 2 aliphatic rings. The van der Waals surface area contributed by atoms with Crippen LogP contribution in [-0.2, 0) is 49.3 Å². The minimum absolute atomic E-state index is 0.134. The van der Waals surface area contributed by atoms with Crippen LogP contribution in [0.15, 0.2) is 30.3 Å². The molecule has 1 heterocycles. The summed E-state index contributed by atoms with van der Waals surface area (Å²) in [5, 5.41) is 3.19. The van der Waals surface area contributed by atoms with Crippen molar-refractivity contribution in [2.45, 2.75) is 124 Å². The van der Waals surface area contributed by atoms with Gasteiger partial charge in [-0.15, -0.1) is 0 Å². The van der Waals surface area contributed by atoms with E-state index in [4.69, 9.17) is 18.9 Å². The minimum atomic E-state index is -1.06. The second-order valence-corrected chi connectivity index (χ2v) is 14.7. The van der Waals surface area contributed by atoms with Gasteiger partial charge in [0.2, 0.25) is 5.91 Å². The lowest BCUT2D eigenvalue weighted by molar-refractivity contribution is -0.175. The lowest BCUT2D eigenvalue weighted by atomic mass is 9.97. The molecular weight excluding hydrogens is 604 g/mol. The number of esters is 4. The Balaban J connectivity index is 1.76. The monoisotopic (exact) mass is 658 g/mol. The van der Waals surface area contributed by atoms with Gasteiger partial charge in [-0.25, -0.2) is 4.79 Å². The summed E-state index contributed by atoms with van der Waals surface area (Å²) in [6.45, 7) is 13.3. The molecule has 1 aliphatic heterocycles. The number of rotatable bonds is 14. The fourth-order valence-corrected chi connectivity index (χ4v) is 6.01. The largest absolute Gasteiger partial charge is 0.465 e. The van der Waals surface area contributed by atoms with Crippen molar-refractivity contribution in [3.05, 3.63) is 35.9 Å². The van der Waals surface area contributed by atoms with Crippen molar-refractivity contribution in [3.63, 3.8) is 0 Å². The first kappa shape index (κ1) is 38.0. The second-order valence-electron chi connectivity index (χ2n) is 14.7. The maximum atomic E-state index is 14.1. The van der Waals surface area contributed by atoms with E-state index in [1.165, 1.54) is 0 Å². The lowest BCUT2D eigenvalue weighted by Crippen LogP contribution is -2.55. The molecule has 1 amide bonds. The molecule has 1 saturated heterocycles. The van der Waals surface area contributed by atoms with Gasteiger partial charge in [-0.05, 0) is 99.0 Å². The van der Waals surface area contributed by atoms with Crippen LogP contribution < -0.4 is 5.32 Å². The third-order valence-corrected chi connectivity index (χ3v) is 8.63. The summed E-state index contributed by atoms with van der Waals surface area (Å²) >= 11 is 0. The maximum Gasteiger partial charge on any atom is 0.329 e. The highest BCUT2D eigenvalue weighted by Crippen LogP contribution is 2.42. The van der Waals surface area contributed by atoms with E-state index in [-0.39, 0.29) is 37.7 Å². The zero-order chi connectivity index (χ0) is 34.9. The Morgan fingerprint density at radius 3 is 2.04 bits per heavy atom. The van der Waals surface area contributed by atoms with E-state index in [9.17, 15) is 24.0 Å². The van der Waals surface area contributed by atoms with E-state index < -0.39 is 58.9 Å². The van der Waals surface area contributed by atoms with Gasteiger partial charge in [0.05, 0.1) is 23.5 Å². The van der Waals surface area contributed by atoms with Gasteiger partial charge in [-0.2, -0.15) is 0 Å². The van der Waals surface area contributed by atoms with Crippen LogP contribution in [0.2, 0.25) is 0 Å². The number of carbonyl (C=O) groups excluding carboxylic acids is 5. The van der Waals surface area contributed by atoms with Crippen LogP contribution in [0.1, 0.15) is 93.1 Å². The zero-order valence-electron chi connectivity index (χ0n) is 29.3. The topological polar surface area (TPSA) is 138 Å². The number of aryl methyl sites for hydroxylation is 1. The molecule has 47 heavy (non-hydrogen) atoms. The van der Waals surface area contributed by atoms with Gasteiger partial charge >= 0.3 is 23.9 Å². The molecule has 0 spiro atoms. The molecule has 0 radical (unpaired) electrons. The summed E-state index contributed by atoms with van der Waals surface area (Å²) in [5.74, 6) is -2.22. The highest BCUT2D eigenvalue weighted by Gasteiger charge is 2.50. The number of benzene rings is 1. The average Bonchev–Trinajstić information content (AvgIpc) is 3.61. The quantitative estimate of drug-likeness (QED) is 0.226. The molecule has 3 rings (SSSR count). The fraction of sp³-hybridized carbons (Fsp3) is 0.694. The Morgan fingerprint density at radius 1 is 0.894 bits per heavy atom. The van der Waals surface area contributed by atoms with E-state index in [1.54, 1.807) is 60.3 Å². The Bertz CT molecular complexity index is 1210. The second kappa shape index (κ2) is 16.6. The predicted molar refractivity (Wildman–Crippen MR) is 175 cm³/mol. The number of nitrogens with one attached hydrogen (secondary N) is 1. The van der Waals surface area contributed by atoms with E-state index in [0.717, 1.165) is 24.8 Å². The van der Waals surface area contributed by atoms with Crippen molar-refractivity contribution in [2.24, 2.45) is 16.7 Å². The average molecular weight is 659 g/mol. The summed E-state index contributed by atoms with van der Waals surface area (Å²) < 4.78 is 22.0. The molecule has 2 fully saturated rings. The van der Waals surface area contributed by atoms with Gasteiger partial charge in [0.15, 0.2) is 6.10 Å². The van der Waals surface area contributed by atoms with Gasteiger partial charge in [0, 0.05) is 6.04 Å². The smallest absolute Gasteiger partial charge is 0.329 e. The van der Waals surface area contributed by atoms with Crippen LogP contribution in [0.4, 0.5) is 0 Å². The van der Waals surface area contributed by atoms with Gasteiger partial charge < -0.3 is 23.8 Å². The van der Waals surface area contributed by atoms with Crippen molar-refractivity contribution >= 4 is 29.8 Å².